The summed E-state index contributed by atoms with van der Waals surface area (Å²) in [6, 6.07) is 7.42. The fourth-order valence-electron chi connectivity index (χ4n) is 1.51. The SMILES string of the molecule is CCOc1ccc(-c2noc(CNC(C)=O)n2)cc1. The van der Waals surface area contributed by atoms with Gasteiger partial charge in [-0.05, 0) is 31.2 Å². The van der Waals surface area contributed by atoms with Gasteiger partial charge in [0.1, 0.15) is 5.75 Å². The molecule has 0 aliphatic heterocycles. The third-order valence-electron chi connectivity index (χ3n) is 2.38. The Labute approximate surface area is 110 Å². The van der Waals surface area contributed by atoms with Gasteiger partial charge in [0.05, 0.1) is 13.2 Å². The monoisotopic (exact) mass is 261 g/mol. The van der Waals surface area contributed by atoms with E-state index in [9.17, 15) is 4.79 Å². The highest BCUT2D eigenvalue weighted by Crippen LogP contribution is 2.19. The summed E-state index contributed by atoms with van der Waals surface area (Å²) in [5.74, 6) is 1.52. The van der Waals surface area contributed by atoms with E-state index in [0.717, 1.165) is 11.3 Å². The first-order valence-corrected chi connectivity index (χ1v) is 5.99. The lowest BCUT2D eigenvalue weighted by Crippen LogP contribution is -2.18. The van der Waals surface area contributed by atoms with Crippen molar-refractivity contribution in [3.8, 4) is 17.1 Å². The minimum atomic E-state index is -0.138. The molecule has 2 rings (SSSR count). The number of aromatic nitrogens is 2. The van der Waals surface area contributed by atoms with Gasteiger partial charge in [-0.1, -0.05) is 5.16 Å². The predicted octanol–water partition coefficient (Wildman–Crippen LogP) is 1.77. The number of rotatable bonds is 5. The van der Waals surface area contributed by atoms with Crippen molar-refractivity contribution in [2.75, 3.05) is 6.61 Å². The predicted molar refractivity (Wildman–Crippen MR) is 68.4 cm³/mol. The van der Waals surface area contributed by atoms with E-state index in [1.807, 2.05) is 31.2 Å². The molecule has 1 aromatic heterocycles. The number of nitrogens with zero attached hydrogens (tertiary/aromatic N) is 2. The first-order chi connectivity index (χ1) is 9.19. The summed E-state index contributed by atoms with van der Waals surface area (Å²) in [4.78, 5) is 15.0. The van der Waals surface area contributed by atoms with Crippen molar-refractivity contribution in [1.29, 1.82) is 0 Å². The highest BCUT2D eigenvalue weighted by Gasteiger charge is 2.08. The second-order valence-corrected chi connectivity index (χ2v) is 3.88. The molecule has 0 atom stereocenters. The van der Waals surface area contributed by atoms with Gasteiger partial charge in [0, 0.05) is 12.5 Å². The van der Waals surface area contributed by atoms with Gasteiger partial charge in [0.15, 0.2) is 0 Å². The lowest BCUT2D eigenvalue weighted by molar-refractivity contribution is -0.119. The lowest BCUT2D eigenvalue weighted by Gasteiger charge is -2.02. The van der Waals surface area contributed by atoms with Crippen LogP contribution in [0.25, 0.3) is 11.4 Å². The number of carbonyl (C=O) groups excluding carboxylic acids is 1. The topological polar surface area (TPSA) is 77.3 Å². The van der Waals surface area contributed by atoms with Crippen LogP contribution < -0.4 is 10.1 Å². The van der Waals surface area contributed by atoms with Crippen molar-refractivity contribution in [2.24, 2.45) is 0 Å². The summed E-state index contributed by atoms with van der Waals surface area (Å²) >= 11 is 0. The molecule has 1 heterocycles. The van der Waals surface area contributed by atoms with Crippen LogP contribution in [0.4, 0.5) is 0 Å². The smallest absolute Gasteiger partial charge is 0.246 e. The van der Waals surface area contributed by atoms with Crippen LogP contribution in [0.3, 0.4) is 0 Å². The molecule has 0 saturated heterocycles. The van der Waals surface area contributed by atoms with Crippen LogP contribution in [0.15, 0.2) is 28.8 Å². The van der Waals surface area contributed by atoms with Gasteiger partial charge in [-0.15, -0.1) is 0 Å². The highest BCUT2D eigenvalue weighted by molar-refractivity contribution is 5.72. The molecule has 0 spiro atoms. The van der Waals surface area contributed by atoms with Crippen LogP contribution in [-0.2, 0) is 11.3 Å². The number of ether oxygens (including phenoxy) is 1. The average Bonchev–Trinajstić information content (AvgIpc) is 2.86. The number of carbonyl (C=O) groups is 1. The molecule has 100 valence electrons. The Morgan fingerprint density at radius 1 is 1.37 bits per heavy atom. The summed E-state index contributed by atoms with van der Waals surface area (Å²) in [7, 11) is 0. The van der Waals surface area contributed by atoms with Gasteiger partial charge in [-0.2, -0.15) is 4.98 Å². The number of hydrogen-bond acceptors (Lipinski definition) is 5. The Morgan fingerprint density at radius 3 is 2.74 bits per heavy atom. The quantitative estimate of drug-likeness (QED) is 0.887. The second kappa shape index (κ2) is 5.99. The number of nitrogens with one attached hydrogen (secondary N) is 1. The van der Waals surface area contributed by atoms with Gasteiger partial charge in [-0.3, -0.25) is 4.79 Å². The van der Waals surface area contributed by atoms with E-state index in [-0.39, 0.29) is 12.5 Å². The van der Waals surface area contributed by atoms with Crippen LogP contribution in [0, 0.1) is 0 Å². The van der Waals surface area contributed by atoms with Crippen LogP contribution in [-0.4, -0.2) is 22.7 Å². The summed E-state index contributed by atoms with van der Waals surface area (Å²) in [6.45, 7) is 4.23. The normalized spacial score (nSPS) is 10.2. The van der Waals surface area contributed by atoms with Gasteiger partial charge >= 0.3 is 0 Å². The van der Waals surface area contributed by atoms with Crippen molar-refractivity contribution in [3.05, 3.63) is 30.2 Å². The number of benzene rings is 1. The molecular formula is C13H15N3O3. The third kappa shape index (κ3) is 3.54. The largest absolute Gasteiger partial charge is 0.494 e. The molecule has 0 fully saturated rings. The molecule has 1 aromatic carbocycles. The molecule has 0 aliphatic carbocycles. The van der Waals surface area contributed by atoms with Crippen molar-refractivity contribution < 1.29 is 14.1 Å². The lowest BCUT2D eigenvalue weighted by atomic mass is 10.2. The minimum Gasteiger partial charge on any atom is -0.494 e. The fourth-order valence-corrected chi connectivity index (χ4v) is 1.51. The molecule has 0 bridgehead atoms. The Morgan fingerprint density at radius 2 is 2.11 bits per heavy atom. The zero-order valence-electron chi connectivity index (χ0n) is 10.8. The first-order valence-electron chi connectivity index (χ1n) is 5.99. The van der Waals surface area contributed by atoms with E-state index in [0.29, 0.717) is 18.3 Å². The zero-order valence-corrected chi connectivity index (χ0v) is 10.8. The van der Waals surface area contributed by atoms with E-state index in [1.165, 1.54) is 6.92 Å². The van der Waals surface area contributed by atoms with E-state index < -0.39 is 0 Å². The van der Waals surface area contributed by atoms with E-state index in [1.54, 1.807) is 0 Å². The summed E-state index contributed by atoms with van der Waals surface area (Å²) in [5, 5.41) is 6.46. The standard InChI is InChI=1S/C13H15N3O3/c1-3-18-11-6-4-10(5-7-11)13-15-12(19-16-13)8-14-9(2)17/h4-7H,3,8H2,1-2H3,(H,14,17). The minimum absolute atomic E-state index is 0.138. The molecule has 1 amide bonds. The molecule has 1 N–H and O–H groups in total. The molecule has 2 aromatic rings. The zero-order chi connectivity index (χ0) is 13.7. The average molecular weight is 261 g/mol. The molecule has 6 heteroatoms. The van der Waals surface area contributed by atoms with Crippen LogP contribution in [0.5, 0.6) is 5.75 Å². The molecule has 0 radical (unpaired) electrons. The van der Waals surface area contributed by atoms with Crippen molar-refractivity contribution >= 4 is 5.91 Å². The Kier molecular flexibility index (Phi) is 4.12. The Bertz CT molecular complexity index is 549. The highest BCUT2D eigenvalue weighted by atomic mass is 16.5. The Balaban J connectivity index is 2.07. The van der Waals surface area contributed by atoms with Crippen molar-refractivity contribution in [1.82, 2.24) is 15.5 Å². The third-order valence-corrected chi connectivity index (χ3v) is 2.38. The number of hydrogen-bond donors (Lipinski definition) is 1. The molecule has 0 aliphatic rings. The van der Waals surface area contributed by atoms with Gasteiger partial charge in [0.2, 0.25) is 17.6 Å². The van der Waals surface area contributed by atoms with Crippen LogP contribution in [0.2, 0.25) is 0 Å². The Hall–Kier alpha value is -2.37. The fraction of sp³-hybridized carbons (Fsp3) is 0.308. The van der Waals surface area contributed by atoms with E-state index >= 15 is 0 Å². The molecule has 0 saturated carbocycles. The van der Waals surface area contributed by atoms with Gasteiger partial charge in [0.25, 0.3) is 0 Å². The molecule has 19 heavy (non-hydrogen) atoms. The maximum absolute atomic E-state index is 10.8. The van der Waals surface area contributed by atoms with E-state index in [2.05, 4.69) is 15.5 Å². The molecule has 6 nitrogen and oxygen atoms in total. The summed E-state index contributed by atoms with van der Waals surface area (Å²) in [6.07, 6.45) is 0. The molecular weight excluding hydrogens is 246 g/mol. The summed E-state index contributed by atoms with van der Waals surface area (Å²) < 4.78 is 10.4. The second-order valence-electron chi connectivity index (χ2n) is 3.88. The number of amides is 1. The van der Waals surface area contributed by atoms with Crippen molar-refractivity contribution in [2.45, 2.75) is 20.4 Å². The first kappa shape index (κ1) is 13.1. The van der Waals surface area contributed by atoms with Crippen LogP contribution in [0.1, 0.15) is 19.7 Å². The van der Waals surface area contributed by atoms with Gasteiger partial charge in [-0.25, -0.2) is 0 Å². The van der Waals surface area contributed by atoms with Crippen LogP contribution >= 0.6 is 0 Å². The van der Waals surface area contributed by atoms with Crippen molar-refractivity contribution in [3.63, 3.8) is 0 Å². The van der Waals surface area contributed by atoms with Gasteiger partial charge < -0.3 is 14.6 Å². The molecule has 0 unspecified atom stereocenters. The maximum Gasteiger partial charge on any atom is 0.246 e. The van der Waals surface area contributed by atoms with E-state index in [4.69, 9.17) is 9.26 Å². The summed E-state index contributed by atoms with van der Waals surface area (Å²) in [5.41, 5.74) is 0.835. The maximum atomic E-state index is 10.8.